The maximum Gasteiger partial charge on any atom is -0.0351 e. The highest BCUT2D eigenvalue weighted by atomic mass is 13.9. The molecule has 0 aromatic rings. The van der Waals surface area contributed by atoms with Gasteiger partial charge in [0.25, 0.3) is 0 Å². The molecule has 0 bridgehead atoms. The molecule has 0 unspecified atom stereocenters. The van der Waals surface area contributed by atoms with Gasteiger partial charge in [-0.15, -0.1) is 0 Å². The van der Waals surface area contributed by atoms with Gasteiger partial charge in [0.1, 0.15) is 0 Å². The first kappa shape index (κ1) is 15.7. The van der Waals surface area contributed by atoms with E-state index in [2.05, 4.69) is 26.0 Å². The van der Waals surface area contributed by atoms with Crippen molar-refractivity contribution in [3.63, 3.8) is 0 Å². The molecule has 2 radical (unpaired) electrons. The average Bonchev–Trinajstić information content (AvgIpc) is 2.31. The highest BCUT2D eigenvalue weighted by Gasteiger charge is 1.88. The summed E-state index contributed by atoms with van der Waals surface area (Å²) >= 11 is 0. The maximum absolute atomic E-state index is 3.86. The van der Waals surface area contributed by atoms with Crippen molar-refractivity contribution in [2.75, 3.05) is 0 Å². The Morgan fingerprint density at radius 1 is 0.500 bits per heavy atom. The zero-order valence-corrected chi connectivity index (χ0v) is 11.1. The molecule has 0 heterocycles. The summed E-state index contributed by atoms with van der Waals surface area (Å²) in [5.41, 5.74) is 0. The fourth-order valence-corrected chi connectivity index (χ4v) is 1.82. The van der Waals surface area contributed by atoms with Gasteiger partial charge in [-0.05, 0) is 25.7 Å². The minimum atomic E-state index is 1.10. The molecule has 0 nitrogen and oxygen atoms in total. The second-order valence-corrected chi connectivity index (χ2v) is 4.58. The summed E-state index contributed by atoms with van der Waals surface area (Å²) in [6, 6.07) is 0. The third-order valence-electron chi connectivity index (χ3n) is 2.91. The van der Waals surface area contributed by atoms with Crippen molar-refractivity contribution >= 4 is 0 Å². The second-order valence-electron chi connectivity index (χ2n) is 4.58. The lowest BCUT2D eigenvalue weighted by atomic mass is 10.1. The van der Waals surface area contributed by atoms with Gasteiger partial charge in [0.2, 0.25) is 0 Å². The van der Waals surface area contributed by atoms with E-state index in [0.717, 1.165) is 12.8 Å². The van der Waals surface area contributed by atoms with Crippen LogP contribution in [0.5, 0.6) is 0 Å². The van der Waals surface area contributed by atoms with E-state index < -0.39 is 0 Å². The summed E-state index contributed by atoms with van der Waals surface area (Å²) in [5, 5.41) is 0. The molecule has 0 amide bonds. The minimum Gasteiger partial charge on any atom is -0.0885 e. The fourth-order valence-electron chi connectivity index (χ4n) is 1.82. The molecule has 0 rings (SSSR count). The summed E-state index contributed by atoms with van der Waals surface area (Å²) in [4.78, 5) is 0. The largest absolute Gasteiger partial charge is 0.0885 e. The van der Waals surface area contributed by atoms with Crippen molar-refractivity contribution in [1.29, 1.82) is 0 Å². The summed E-state index contributed by atoms with van der Waals surface area (Å²) in [7, 11) is 0. The van der Waals surface area contributed by atoms with Crippen LogP contribution < -0.4 is 0 Å². The van der Waals surface area contributed by atoms with Crippen LogP contribution in [0, 0.1) is 13.8 Å². The lowest BCUT2D eigenvalue weighted by molar-refractivity contribution is 0.644. The van der Waals surface area contributed by atoms with Crippen molar-refractivity contribution in [3.05, 3.63) is 26.0 Å². The Kier molecular flexibility index (Phi) is 14.5. The van der Waals surface area contributed by atoms with Gasteiger partial charge in [-0.2, -0.15) is 0 Å². The molecule has 0 atom stereocenters. The molecule has 16 heavy (non-hydrogen) atoms. The molecule has 0 saturated heterocycles. The van der Waals surface area contributed by atoms with Gasteiger partial charge in [-0.25, -0.2) is 0 Å². The van der Waals surface area contributed by atoms with E-state index >= 15 is 0 Å². The molecule has 0 aromatic carbocycles. The van der Waals surface area contributed by atoms with E-state index in [4.69, 9.17) is 0 Å². The lowest BCUT2D eigenvalue weighted by Crippen LogP contribution is -1.77. The Hall–Kier alpha value is -0.260. The summed E-state index contributed by atoms with van der Waals surface area (Å²) < 4.78 is 0. The van der Waals surface area contributed by atoms with Gasteiger partial charge < -0.3 is 0 Å². The first-order valence-corrected chi connectivity index (χ1v) is 7.15. The topological polar surface area (TPSA) is 0 Å². The predicted octanol–water partition coefficient (Wildman–Crippen LogP) is 5.89. The summed E-state index contributed by atoms with van der Waals surface area (Å²) in [5.74, 6) is 0. The maximum atomic E-state index is 3.86. The van der Waals surface area contributed by atoms with Crippen molar-refractivity contribution < 1.29 is 0 Å². The van der Waals surface area contributed by atoms with Crippen LogP contribution >= 0.6 is 0 Å². The molecule has 0 saturated carbocycles. The molecular weight excluding hydrogens is 192 g/mol. The minimum absolute atomic E-state index is 1.10. The monoisotopic (exact) mass is 222 g/mol. The molecule has 0 heteroatoms. The van der Waals surface area contributed by atoms with E-state index in [1.807, 2.05) is 0 Å². The van der Waals surface area contributed by atoms with Gasteiger partial charge in [-0.1, -0.05) is 77.4 Å². The SMILES string of the molecule is [CH2]CCCCCC/C=C/CCCCCC[CH2]. The third-order valence-corrected chi connectivity index (χ3v) is 2.91. The van der Waals surface area contributed by atoms with Gasteiger partial charge >= 0.3 is 0 Å². The van der Waals surface area contributed by atoms with Crippen molar-refractivity contribution in [2.24, 2.45) is 0 Å². The number of unbranched alkanes of at least 4 members (excludes halogenated alkanes) is 10. The molecular formula is C16H30. The van der Waals surface area contributed by atoms with Crippen LogP contribution in [0.15, 0.2) is 12.2 Å². The van der Waals surface area contributed by atoms with E-state index in [1.54, 1.807) is 0 Å². The van der Waals surface area contributed by atoms with Crippen LogP contribution in [0.3, 0.4) is 0 Å². The first-order valence-electron chi connectivity index (χ1n) is 7.15. The van der Waals surface area contributed by atoms with Crippen LogP contribution in [0.2, 0.25) is 0 Å². The molecule has 0 N–H and O–H groups in total. The zero-order valence-electron chi connectivity index (χ0n) is 11.1. The molecule has 0 aliphatic rings. The number of rotatable bonds is 12. The molecule has 0 aliphatic carbocycles. The van der Waals surface area contributed by atoms with E-state index in [0.29, 0.717) is 0 Å². The van der Waals surface area contributed by atoms with Crippen molar-refractivity contribution in [2.45, 2.75) is 77.0 Å². The van der Waals surface area contributed by atoms with Gasteiger partial charge in [0.05, 0.1) is 0 Å². The first-order chi connectivity index (χ1) is 7.91. The second kappa shape index (κ2) is 14.7. The Morgan fingerprint density at radius 2 is 0.875 bits per heavy atom. The summed E-state index contributed by atoms with van der Waals surface area (Å²) in [6.45, 7) is 7.71. The molecule has 94 valence electrons. The van der Waals surface area contributed by atoms with Crippen LogP contribution in [-0.2, 0) is 0 Å². The lowest BCUT2D eigenvalue weighted by Gasteiger charge is -1.97. The predicted molar refractivity (Wildman–Crippen MR) is 75.3 cm³/mol. The van der Waals surface area contributed by atoms with Crippen LogP contribution in [-0.4, -0.2) is 0 Å². The zero-order chi connectivity index (χ0) is 11.9. The van der Waals surface area contributed by atoms with Gasteiger partial charge in [-0.3, -0.25) is 0 Å². The molecule has 0 fully saturated rings. The Balaban J connectivity index is 2.98. The summed E-state index contributed by atoms with van der Waals surface area (Å²) in [6.07, 6.45) is 20.3. The number of hydrogen-bond acceptors (Lipinski definition) is 0. The van der Waals surface area contributed by atoms with Crippen LogP contribution in [0.25, 0.3) is 0 Å². The van der Waals surface area contributed by atoms with Crippen LogP contribution in [0.1, 0.15) is 77.0 Å². The van der Waals surface area contributed by atoms with Gasteiger partial charge in [0, 0.05) is 0 Å². The quantitative estimate of drug-likeness (QED) is 0.285. The molecule has 0 spiro atoms. The van der Waals surface area contributed by atoms with Crippen LogP contribution in [0.4, 0.5) is 0 Å². The van der Waals surface area contributed by atoms with Gasteiger partial charge in [0.15, 0.2) is 0 Å². The van der Waals surface area contributed by atoms with E-state index in [1.165, 1.54) is 64.2 Å². The Morgan fingerprint density at radius 3 is 1.25 bits per heavy atom. The fraction of sp³-hybridized carbons (Fsp3) is 0.750. The standard InChI is InChI=1S/C16H30/c1-3-5-7-9-11-13-15-16-14-12-10-8-6-4-2/h15-16H,1-14H2/b16-15+. The average molecular weight is 222 g/mol. The highest BCUT2D eigenvalue weighted by molar-refractivity contribution is 4.81. The van der Waals surface area contributed by atoms with E-state index in [9.17, 15) is 0 Å². The van der Waals surface area contributed by atoms with Crippen molar-refractivity contribution in [3.8, 4) is 0 Å². The Bertz CT molecular complexity index is 119. The van der Waals surface area contributed by atoms with E-state index in [-0.39, 0.29) is 0 Å². The number of allylic oxidation sites excluding steroid dienone is 2. The van der Waals surface area contributed by atoms with Crippen molar-refractivity contribution in [1.82, 2.24) is 0 Å². The smallest absolute Gasteiger partial charge is 0.0351 e. The highest BCUT2D eigenvalue weighted by Crippen LogP contribution is 2.07. The number of hydrogen-bond donors (Lipinski definition) is 0. The normalized spacial score (nSPS) is 11.4. The molecule has 0 aliphatic heterocycles. The molecule has 0 aromatic heterocycles. The third kappa shape index (κ3) is 13.7. The Labute approximate surface area is 104 Å².